The van der Waals surface area contributed by atoms with Crippen molar-refractivity contribution in [3.05, 3.63) is 35.4 Å². The molecule has 1 aliphatic heterocycles. The van der Waals surface area contributed by atoms with Crippen LogP contribution in [0.3, 0.4) is 0 Å². The second-order valence-electron chi connectivity index (χ2n) is 4.80. The van der Waals surface area contributed by atoms with Gasteiger partial charge in [-0.3, -0.25) is 4.99 Å². The zero-order chi connectivity index (χ0) is 11.4. The van der Waals surface area contributed by atoms with Gasteiger partial charge in [0.25, 0.3) is 0 Å². The zero-order valence-corrected chi connectivity index (χ0v) is 10.2. The van der Waals surface area contributed by atoms with Gasteiger partial charge in [0.15, 0.2) is 0 Å². The van der Waals surface area contributed by atoms with Gasteiger partial charge in [-0.15, -0.1) is 0 Å². The number of aliphatic imine (C=N–C) groups is 1. The van der Waals surface area contributed by atoms with Gasteiger partial charge in [-0.05, 0) is 23.5 Å². The van der Waals surface area contributed by atoms with Crippen LogP contribution in [0.5, 0.6) is 0 Å². The predicted octanol–water partition coefficient (Wildman–Crippen LogP) is 2.43. The average Bonchev–Trinajstić information content (AvgIpc) is 2.73. The molecule has 0 aromatic heterocycles. The number of benzene rings is 1. The Kier molecular flexibility index (Phi) is 3.60. The Bertz CT molecular complexity index is 380. The van der Waals surface area contributed by atoms with Crippen molar-refractivity contribution in [3.63, 3.8) is 0 Å². The van der Waals surface area contributed by atoms with E-state index < -0.39 is 0 Å². The molecule has 1 heterocycles. The summed E-state index contributed by atoms with van der Waals surface area (Å²) in [7, 11) is 0. The molecule has 2 heteroatoms. The summed E-state index contributed by atoms with van der Waals surface area (Å²) in [6.07, 6.45) is 2.12. The molecular formula is C14H20N2. The Morgan fingerprint density at radius 1 is 1.25 bits per heavy atom. The first-order valence-corrected chi connectivity index (χ1v) is 6.09. The summed E-state index contributed by atoms with van der Waals surface area (Å²) in [6, 6.07) is 8.71. The Balaban J connectivity index is 2.12. The molecule has 0 saturated carbocycles. The minimum Gasteiger partial charge on any atom is -0.372 e. The van der Waals surface area contributed by atoms with Crippen molar-refractivity contribution in [2.75, 3.05) is 13.1 Å². The Morgan fingerprint density at radius 3 is 2.62 bits per heavy atom. The number of amidine groups is 1. The van der Waals surface area contributed by atoms with Gasteiger partial charge in [-0.25, -0.2) is 0 Å². The smallest absolute Gasteiger partial charge is 0.101 e. The van der Waals surface area contributed by atoms with Crippen molar-refractivity contribution in [2.24, 2.45) is 10.9 Å². The van der Waals surface area contributed by atoms with Gasteiger partial charge in [-0.1, -0.05) is 38.1 Å². The minimum absolute atomic E-state index is 0.708. The van der Waals surface area contributed by atoms with E-state index in [1.165, 1.54) is 11.1 Å². The first-order valence-electron chi connectivity index (χ1n) is 6.09. The highest BCUT2D eigenvalue weighted by molar-refractivity contribution is 5.85. The van der Waals surface area contributed by atoms with Crippen molar-refractivity contribution < 1.29 is 0 Å². The van der Waals surface area contributed by atoms with Crippen LogP contribution in [0, 0.1) is 5.92 Å². The average molecular weight is 216 g/mol. The number of hydrogen-bond donors (Lipinski definition) is 1. The van der Waals surface area contributed by atoms with Crippen LogP contribution in [0.15, 0.2) is 29.3 Å². The molecule has 0 saturated heterocycles. The highest BCUT2D eigenvalue weighted by Crippen LogP contribution is 2.15. The largest absolute Gasteiger partial charge is 0.372 e. The van der Waals surface area contributed by atoms with Crippen molar-refractivity contribution in [2.45, 2.75) is 26.7 Å². The van der Waals surface area contributed by atoms with E-state index in [0.717, 1.165) is 31.8 Å². The van der Waals surface area contributed by atoms with E-state index in [4.69, 9.17) is 0 Å². The second kappa shape index (κ2) is 5.15. The lowest BCUT2D eigenvalue weighted by Gasteiger charge is -2.11. The predicted molar refractivity (Wildman–Crippen MR) is 69.0 cm³/mol. The molecule has 0 spiro atoms. The van der Waals surface area contributed by atoms with Crippen LogP contribution in [-0.2, 0) is 12.8 Å². The summed E-state index contributed by atoms with van der Waals surface area (Å²) in [5.41, 5.74) is 2.89. The lowest BCUT2D eigenvalue weighted by atomic mass is 9.96. The third-order valence-corrected chi connectivity index (χ3v) is 2.85. The molecule has 0 amide bonds. The number of nitrogens with one attached hydrogen (secondary N) is 1. The third kappa shape index (κ3) is 2.84. The Labute approximate surface area is 97.8 Å². The topological polar surface area (TPSA) is 24.4 Å². The van der Waals surface area contributed by atoms with E-state index in [1.807, 2.05) is 0 Å². The van der Waals surface area contributed by atoms with Gasteiger partial charge >= 0.3 is 0 Å². The molecule has 0 aliphatic carbocycles. The monoisotopic (exact) mass is 216 g/mol. The van der Waals surface area contributed by atoms with Gasteiger partial charge in [0.2, 0.25) is 0 Å². The van der Waals surface area contributed by atoms with Gasteiger partial charge in [-0.2, -0.15) is 0 Å². The molecular weight excluding hydrogens is 196 g/mol. The van der Waals surface area contributed by atoms with Crippen molar-refractivity contribution in [3.8, 4) is 0 Å². The van der Waals surface area contributed by atoms with Crippen LogP contribution < -0.4 is 5.32 Å². The SMILES string of the molecule is CC(C)Cc1ccccc1CC1=NCCN1. The van der Waals surface area contributed by atoms with Crippen LogP contribution in [0.1, 0.15) is 25.0 Å². The first-order chi connectivity index (χ1) is 7.75. The maximum Gasteiger partial charge on any atom is 0.101 e. The number of hydrogen-bond acceptors (Lipinski definition) is 2. The molecule has 0 atom stereocenters. The second-order valence-corrected chi connectivity index (χ2v) is 4.80. The number of nitrogens with zero attached hydrogens (tertiary/aromatic N) is 1. The van der Waals surface area contributed by atoms with Crippen LogP contribution in [0.25, 0.3) is 0 Å². The highest BCUT2D eigenvalue weighted by atomic mass is 15.1. The van der Waals surface area contributed by atoms with Crippen LogP contribution in [0.2, 0.25) is 0 Å². The van der Waals surface area contributed by atoms with E-state index in [2.05, 4.69) is 48.4 Å². The fourth-order valence-corrected chi connectivity index (χ4v) is 2.11. The molecule has 1 aromatic rings. The minimum atomic E-state index is 0.708. The van der Waals surface area contributed by atoms with Crippen molar-refractivity contribution in [1.82, 2.24) is 5.32 Å². The van der Waals surface area contributed by atoms with Gasteiger partial charge in [0.05, 0.1) is 6.54 Å². The molecule has 1 aromatic carbocycles. The Hall–Kier alpha value is -1.31. The fourth-order valence-electron chi connectivity index (χ4n) is 2.11. The summed E-state index contributed by atoms with van der Waals surface area (Å²) in [4.78, 5) is 4.46. The lowest BCUT2D eigenvalue weighted by molar-refractivity contribution is 0.644. The van der Waals surface area contributed by atoms with Crippen LogP contribution >= 0.6 is 0 Å². The molecule has 2 nitrogen and oxygen atoms in total. The standard InChI is InChI=1S/C14H20N2/c1-11(2)9-12-5-3-4-6-13(12)10-14-15-7-8-16-14/h3-6,11H,7-10H2,1-2H3,(H,15,16). The Morgan fingerprint density at radius 2 is 2.00 bits per heavy atom. The highest BCUT2D eigenvalue weighted by Gasteiger charge is 2.09. The quantitative estimate of drug-likeness (QED) is 0.821. The molecule has 86 valence electrons. The normalized spacial score (nSPS) is 15.1. The van der Waals surface area contributed by atoms with E-state index >= 15 is 0 Å². The van der Waals surface area contributed by atoms with Crippen molar-refractivity contribution in [1.29, 1.82) is 0 Å². The van der Waals surface area contributed by atoms with Crippen LogP contribution in [-0.4, -0.2) is 18.9 Å². The van der Waals surface area contributed by atoms with Gasteiger partial charge in [0.1, 0.15) is 5.84 Å². The summed E-state index contributed by atoms with van der Waals surface area (Å²) in [5, 5.41) is 3.34. The molecule has 0 unspecified atom stereocenters. The van der Waals surface area contributed by atoms with Gasteiger partial charge in [0, 0.05) is 13.0 Å². The molecule has 1 aliphatic rings. The molecule has 1 N–H and O–H groups in total. The molecule has 2 rings (SSSR count). The van der Waals surface area contributed by atoms with E-state index in [1.54, 1.807) is 0 Å². The van der Waals surface area contributed by atoms with Crippen molar-refractivity contribution >= 4 is 5.84 Å². The third-order valence-electron chi connectivity index (χ3n) is 2.85. The first kappa shape index (κ1) is 11.2. The lowest BCUT2D eigenvalue weighted by Crippen LogP contribution is -2.21. The summed E-state index contributed by atoms with van der Waals surface area (Å²) in [5.74, 6) is 1.86. The maximum absolute atomic E-state index is 4.46. The van der Waals surface area contributed by atoms with E-state index in [9.17, 15) is 0 Å². The molecule has 0 radical (unpaired) electrons. The summed E-state index contributed by atoms with van der Waals surface area (Å²) >= 11 is 0. The molecule has 16 heavy (non-hydrogen) atoms. The van der Waals surface area contributed by atoms with Gasteiger partial charge < -0.3 is 5.32 Å². The zero-order valence-electron chi connectivity index (χ0n) is 10.2. The van der Waals surface area contributed by atoms with E-state index in [-0.39, 0.29) is 0 Å². The summed E-state index contributed by atoms with van der Waals surface area (Å²) in [6.45, 7) is 6.47. The number of rotatable bonds is 4. The maximum atomic E-state index is 4.46. The molecule has 0 bridgehead atoms. The van der Waals surface area contributed by atoms with E-state index in [0.29, 0.717) is 5.92 Å². The molecule has 0 fully saturated rings. The van der Waals surface area contributed by atoms with Crippen LogP contribution in [0.4, 0.5) is 0 Å². The summed E-state index contributed by atoms with van der Waals surface area (Å²) < 4.78 is 0. The fraction of sp³-hybridized carbons (Fsp3) is 0.500.